The molecule has 0 aliphatic heterocycles. The van der Waals surface area contributed by atoms with Crippen LogP contribution in [0.3, 0.4) is 0 Å². The lowest BCUT2D eigenvalue weighted by Gasteiger charge is -2.11. The average Bonchev–Trinajstić information content (AvgIpc) is 3.44. The van der Waals surface area contributed by atoms with E-state index in [0.29, 0.717) is 67.4 Å². The van der Waals surface area contributed by atoms with Gasteiger partial charge in [0.1, 0.15) is 34.4 Å². The monoisotopic (exact) mass is 665 g/mol. The number of benzene rings is 5. The van der Waals surface area contributed by atoms with Crippen LogP contribution >= 0.6 is 0 Å². The van der Waals surface area contributed by atoms with Gasteiger partial charge in [-0.15, -0.1) is 0 Å². The molecule has 7 aromatic rings. The van der Waals surface area contributed by atoms with E-state index in [1.807, 2.05) is 0 Å². The summed E-state index contributed by atoms with van der Waals surface area (Å²) < 4.78 is 136. The van der Waals surface area contributed by atoms with Crippen molar-refractivity contribution < 1.29 is 43.9 Å². The van der Waals surface area contributed by atoms with Crippen LogP contribution in [0.5, 0.6) is 0 Å². The molecule has 0 aliphatic rings. The Morgan fingerprint density at radius 1 is 0.479 bits per heavy atom. The first-order valence-electron chi connectivity index (χ1n) is 13.8. The summed E-state index contributed by atoms with van der Waals surface area (Å²) >= 11 is 0. The van der Waals surface area contributed by atoms with E-state index in [1.165, 1.54) is 24.3 Å². The fourth-order valence-electron chi connectivity index (χ4n) is 6.25. The molecule has 3 nitrogen and oxygen atoms in total. The van der Waals surface area contributed by atoms with Gasteiger partial charge in [-0.3, -0.25) is 5.41 Å². The maximum Gasteiger partial charge on any atom is 0.422 e. The van der Waals surface area contributed by atoms with Crippen molar-refractivity contribution in [2.75, 3.05) is 0 Å². The first-order valence-corrected chi connectivity index (χ1v) is 13.8. The Bertz CT molecular complexity index is 2630. The van der Waals surface area contributed by atoms with Crippen LogP contribution in [-0.2, 0) is 12.4 Å². The maximum absolute atomic E-state index is 14.4. The molecule has 0 aromatic heterocycles. The van der Waals surface area contributed by atoms with Crippen molar-refractivity contribution in [3.63, 3.8) is 0 Å². The van der Waals surface area contributed by atoms with E-state index < -0.39 is 46.7 Å². The zero-order valence-electron chi connectivity index (χ0n) is 23.6. The molecule has 238 valence electrons. The Hall–Kier alpha value is -5.77. The van der Waals surface area contributed by atoms with Gasteiger partial charge in [-0.2, -0.15) is 36.6 Å². The Balaban J connectivity index is 1.42. The highest BCUT2D eigenvalue weighted by Gasteiger charge is 2.39. The maximum atomic E-state index is 14.4. The number of rotatable bonds is 2. The van der Waals surface area contributed by atoms with Crippen molar-refractivity contribution >= 4 is 43.1 Å². The summed E-state index contributed by atoms with van der Waals surface area (Å²) in [6.45, 7) is 0. The number of hydrogen-bond acceptors (Lipinski definition) is 3. The van der Waals surface area contributed by atoms with Gasteiger partial charge < -0.3 is 0 Å². The summed E-state index contributed by atoms with van der Waals surface area (Å²) in [6.07, 6.45) is -8.79. The molecular formula is C35H13F10N3. The van der Waals surface area contributed by atoms with E-state index in [1.54, 1.807) is 30.5 Å². The summed E-state index contributed by atoms with van der Waals surface area (Å²) in [7, 11) is 0. The Kier molecular flexibility index (Phi) is 6.67. The fraction of sp³-hybridized carbons (Fsp3) is 0.0571. The van der Waals surface area contributed by atoms with Crippen LogP contribution in [0.1, 0.15) is 11.1 Å². The highest BCUT2D eigenvalue weighted by Crippen LogP contribution is 2.39. The largest absolute Gasteiger partial charge is 0.422 e. The van der Waals surface area contributed by atoms with Crippen molar-refractivity contribution in [3.8, 4) is 28.4 Å². The van der Waals surface area contributed by atoms with Gasteiger partial charge in [0.2, 0.25) is 6.19 Å². The van der Waals surface area contributed by atoms with E-state index in [4.69, 9.17) is 5.41 Å². The minimum atomic E-state index is -5.24. The summed E-state index contributed by atoms with van der Waals surface area (Å²) in [5.74, 6) is -7.16. The minimum absolute atomic E-state index is 0.0267. The number of nitrogens with one attached hydrogen (secondary N) is 1. The van der Waals surface area contributed by atoms with Gasteiger partial charge in [0.15, 0.2) is 0 Å². The van der Waals surface area contributed by atoms with Crippen molar-refractivity contribution in [2.45, 2.75) is 12.4 Å². The van der Waals surface area contributed by atoms with Crippen LogP contribution in [0.2, 0.25) is 0 Å². The van der Waals surface area contributed by atoms with Gasteiger partial charge in [-0.25, -0.2) is 17.6 Å². The first kappa shape index (κ1) is 30.9. The zero-order chi connectivity index (χ0) is 34.4. The van der Waals surface area contributed by atoms with Gasteiger partial charge >= 0.3 is 12.4 Å². The molecule has 0 unspecified atom stereocenters. The standard InChI is InChI=1S/C35H13F10N3/c36-26-7-16(8-27(37)30(26)34(40,41)42)14-1-3-18-20-11-21-19-4-2-15(17-9-28(38)31(29(39)10-17)35(43,44)45)6-24(19)33(48-13-46)25(21)12-23(20)32(47)22(18)5-14/h1-12,47H. The third-order valence-electron chi connectivity index (χ3n) is 8.31. The molecule has 0 amide bonds. The molecule has 0 saturated carbocycles. The minimum Gasteiger partial charge on any atom is -0.300 e. The number of fused-ring (bicyclic) bond motifs is 6. The van der Waals surface area contributed by atoms with Crippen LogP contribution in [0, 0.1) is 40.1 Å². The predicted molar refractivity (Wildman–Crippen MR) is 157 cm³/mol. The SMILES string of the molecule is N#CN=c1c2cc(-c3cc(F)c(C(F)(F)F)c(F)c3)ccc2c2cc3c(cc12)c(=N)c1cc(-c2cc(F)c(C(F)(F)F)c(F)c2)ccc13. The second-order valence-electron chi connectivity index (χ2n) is 11.0. The molecule has 0 fully saturated rings. The Morgan fingerprint density at radius 3 is 1.31 bits per heavy atom. The molecule has 1 N–H and O–H groups in total. The number of nitrogens with zero attached hydrogens (tertiary/aromatic N) is 2. The van der Waals surface area contributed by atoms with Crippen LogP contribution in [-0.4, -0.2) is 0 Å². The molecular weight excluding hydrogens is 652 g/mol. The topological polar surface area (TPSA) is 60.0 Å². The van der Waals surface area contributed by atoms with E-state index in [-0.39, 0.29) is 33.0 Å². The van der Waals surface area contributed by atoms with E-state index >= 15 is 0 Å². The summed E-state index contributed by atoms with van der Waals surface area (Å²) in [5, 5.41) is 22.1. The van der Waals surface area contributed by atoms with E-state index in [2.05, 4.69) is 4.99 Å². The number of hydrogen-bond donors (Lipinski definition) is 1. The highest BCUT2D eigenvalue weighted by atomic mass is 19.4. The Labute approximate surface area is 261 Å². The summed E-state index contributed by atoms with van der Waals surface area (Å²) in [4.78, 5) is 3.92. The molecule has 48 heavy (non-hydrogen) atoms. The highest BCUT2D eigenvalue weighted by molar-refractivity contribution is 6.21. The van der Waals surface area contributed by atoms with Crippen molar-refractivity contribution in [2.24, 2.45) is 4.99 Å². The lowest BCUT2D eigenvalue weighted by molar-refractivity contribution is -0.143. The predicted octanol–water partition coefficient (Wildman–Crippen LogP) is 9.96. The second-order valence-corrected chi connectivity index (χ2v) is 11.0. The van der Waals surface area contributed by atoms with Crippen LogP contribution in [0.4, 0.5) is 43.9 Å². The molecule has 0 radical (unpaired) electrons. The summed E-state index contributed by atoms with van der Waals surface area (Å²) in [6, 6.07) is 14.4. The molecule has 0 saturated heterocycles. The molecule has 0 bridgehead atoms. The zero-order valence-corrected chi connectivity index (χ0v) is 23.6. The molecule has 7 rings (SSSR count). The van der Waals surface area contributed by atoms with Gasteiger partial charge in [0.25, 0.3) is 0 Å². The molecule has 7 aromatic carbocycles. The first-order chi connectivity index (χ1) is 22.6. The molecule has 0 heterocycles. The van der Waals surface area contributed by atoms with Gasteiger partial charge in [0.05, 0.1) is 10.7 Å². The Morgan fingerprint density at radius 2 is 0.854 bits per heavy atom. The number of halogens is 10. The molecule has 13 heteroatoms. The van der Waals surface area contributed by atoms with Gasteiger partial charge in [0, 0.05) is 21.5 Å². The van der Waals surface area contributed by atoms with Crippen LogP contribution < -0.4 is 10.7 Å². The van der Waals surface area contributed by atoms with Crippen LogP contribution in [0.25, 0.3) is 65.3 Å². The van der Waals surface area contributed by atoms with Gasteiger partial charge in [-0.1, -0.05) is 24.3 Å². The lowest BCUT2D eigenvalue weighted by atomic mass is 9.99. The summed E-state index contributed by atoms with van der Waals surface area (Å²) in [5.41, 5.74) is -4.08. The average molecular weight is 665 g/mol. The number of nitriles is 1. The van der Waals surface area contributed by atoms with Crippen LogP contribution in [0.15, 0.2) is 77.8 Å². The second kappa shape index (κ2) is 10.4. The number of alkyl halides is 6. The van der Waals surface area contributed by atoms with Crippen molar-refractivity contribution in [1.29, 1.82) is 10.7 Å². The molecule has 0 aliphatic carbocycles. The quantitative estimate of drug-likeness (QED) is 0.145. The van der Waals surface area contributed by atoms with Crippen molar-refractivity contribution in [3.05, 3.63) is 118 Å². The smallest absolute Gasteiger partial charge is 0.300 e. The lowest BCUT2D eigenvalue weighted by Crippen LogP contribution is -2.11. The normalized spacial score (nSPS) is 13.0. The third-order valence-corrected chi connectivity index (χ3v) is 8.31. The van der Waals surface area contributed by atoms with E-state index in [9.17, 15) is 49.2 Å². The van der Waals surface area contributed by atoms with Crippen molar-refractivity contribution in [1.82, 2.24) is 0 Å². The van der Waals surface area contributed by atoms with E-state index in [0.717, 1.165) is 0 Å². The fourth-order valence-corrected chi connectivity index (χ4v) is 6.25. The third kappa shape index (κ3) is 4.66. The molecule has 0 atom stereocenters. The molecule has 0 spiro atoms. The van der Waals surface area contributed by atoms with Gasteiger partial charge in [-0.05, 0) is 92.3 Å².